The number of allylic oxidation sites excluding steroid dienone is 6. The second-order valence-corrected chi connectivity index (χ2v) is 20.6. The number of ether oxygens (including phenoxy) is 3. The Bertz CT molecular complexity index is 1160. The van der Waals surface area contributed by atoms with Crippen molar-refractivity contribution >= 4 is 17.9 Å². The Kier molecular flexibility index (Phi) is 56.2. The molecule has 0 saturated heterocycles. The van der Waals surface area contributed by atoms with Crippen molar-refractivity contribution in [1.82, 2.24) is 0 Å². The van der Waals surface area contributed by atoms with Crippen molar-refractivity contribution < 1.29 is 28.6 Å². The summed E-state index contributed by atoms with van der Waals surface area (Å²) in [7, 11) is 0. The minimum atomic E-state index is -0.773. The average Bonchev–Trinajstić information content (AvgIpc) is 3.35. The summed E-state index contributed by atoms with van der Waals surface area (Å²) in [6.45, 7) is 6.67. The molecular formula is C63H116O6. The minimum Gasteiger partial charge on any atom is -0.462 e. The molecule has 6 heteroatoms. The first kappa shape index (κ1) is 66.6. The average molecular weight is 970 g/mol. The SMILES string of the molecule is CCCCCCC/C=C\C/C=C\C/C=C\CCCCCCCCC(=O)OCC(COC(=O)CCCCCCCCCCCCCCCC)OC(=O)CCCCCCCCCCCCCCCCCC. The first-order valence-corrected chi connectivity index (χ1v) is 30.5. The van der Waals surface area contributed by atoms with E-state index in [4.69, 9.17) is 14.2 Å². The number of esters is 3. The molecule has 0 amide bonds. The van der Waals surface area contributed by atoms with Gasteiger partial charge in [-0.25, -0.2) is 0 Å². The number of hydrogen-bond acceptors (Lipinski definition) is 6. The monoisotopic (exact) mass is 969 g/mol. The topological polar surface area (TPSA) is 78.9 Å². The lowest BCUT2D eigenvalue weighted by Gasteiger charge is -2.18. The molecule has 1 atom stereocenters. The van der Waals surface area contributed by atoms with E-state index < -0.39 is 6.10 Å². The molecule has 0 heterocycles. The van der Waals surface area contributed by atoms with Crippen LogP contribution in [0.1, 0.15) is 329 Å². The number of carbonyl (C=O) groups is 3. The maximum Gasteiger partial charge on any atom is 0.306 e. The zero-order valence-electron chi connectivity index (χ0n) is 46.3. The first-order chi connectivity index (χ1) is 34.0. The molecule has 0 fully saturated rings. The van der Waals surface area contributed by atoms with E-state index in [0.29, 0.717) is 19.3 Å². The van der Waals surface area contributed by atoms with Crippen molar-refractivity contribution in [2.24, 2.45) is 0 Å². The normalized spacial score (nSPS) is 12.2. The zero-order chi connectivity index (χ0) is 50.0. The van der Waals surface area contributed by atoms with Crippen molar-refractivity contribution in [1.29, 1.82) is 0 Å². The van der Waals surface area contributed by atoms with Crippen LogP contribution >= 0.6 is 0 Å². The highest BCUT2D eigenvalue weighted by Crippen LogP contribution is 2.17. The van der Waals surface area contributed by atoms with Crippen LogP contribution in [0.15, 0.2) is 36.5 Å². The summed E-state index contributed by atoms with van der Waals surface area (Å²) >= 11 is 0. The molecule has 0 N–H and O–H groups in total. The predicted molar refractivity (Wildman–Crippen MR) is 298 cm³/mol. The summed E-state index contributed by atoms with van der Waals surface area (Å²) in [5, 5.41) is 0. The van der Waals surface area contributed by atoms with Crippen molar-refractivity contribution in [2.45, 2.75) is 335 Å². The fraction of sp³-hybridized carbons (Fsp3) is 0.857. The fourth-order valence-corrected chi connectivity index (χ4v) is 9.04. The third-order valence-corrected chi connectivity index (χ3v) is 13.6. The third kappa shape index (κ3) is 56.4. The van der Waals surface area contributed by atoms with Crippen LogP contribution in [0.25, 0.3) is 0 Å². The number of carbonyl (C=O) groups excluding carboxylic acids is 3. The molecule has 0 bridgehead atoms. The highest BCUT2D eigenvalue weighted by Gasteiger charge is 2.19. The third-order valence-electron chi connectivity index (χ3n) is 13.6. The van der Waals surface area contributed by atoms with Gasteiger partial charge in [-0.1, -0.05) is 288 Å². The van der Waals surface area contributed by atoms with Crippen LogP contribution in [0.5, 0.6) is 0 Å². The van der Waals surface area contributed by atoms with Gasteiger partial charge in [-0.05, 0) is 57.8 Å². The van der Waals surface area contributed by atoms with Crippen molar-refractivity contribution in [3.8, 4) is 0 Å². The van der Waals surface area contributed by atoms with Gasteiger partial charge in [-0.3, -0.25) is 14.4 Å². The summed E-state index contributed by atoms with van der Waals surface area (Å²) in [4.78, 5) is 38.2. The number of hydrogen-bond donors (Lipinski definition) is 0. The van der Waals surface area contributed by atoms with E-state index in [-0.39, 0.29) is 31.1 Å². The Labute approximate surface area is 429 Å². The van der Waals surface area contributed by atoms with Gasteiger partial charge in [0.25, 0.3) is 0 Å². The molecule has 0 aliphatic carbocycles. The summed E-state index contributed by atoms with van der Waals surface area (Å²) in [5.41, 5.74) is 0. The molecule has 1 unspecified atom stereocenters. The fourth-order valence-electron chi connectivity index (χ4n) is 9.04. The van der Waals surface area contributed by atoms with E-state index in [2.05, 4.69) is 57.2 Å². The van der Waals surface area contributed by atoms with E-state index in [9.17, 15) is 14.4 Å². The Morgan fingerprint density at radius 2 is 0.522 bits per heavy atom. The highest BCUT2D eigenvalue weighted by atomic mass is 16.6. The Balaban J connectivity index is 4.34. The van der Waals surface area contributed by atoms with Crippen LogP contribution in [-0.2, 0) is 28.6 Å². The molecule has 0 aromatic heterocycles. The van der Waals surface area contributed by atoms with Gasteiger partial charge in [-0.2, -0.15) is 0 Å². The van der Waals surface area contributed by atoms with Gasteiger partial charge in [0.1, 0.15) is 13.2 Å². The molecule has 0 spiro atoms. The molecule has 69 heavy (non-hydrogen) atoms. The van der Waals surface area contributed by atoms with E-state index in [1.165, 1.54) is 212 Å². The lowest BCUT2D eigenvalue weighted by atomic mass is 10.0. The lowest BCUT2D eigenvalue weighted by Crippen LogP contribution is -2.30. The van der Waals surface area contributed by atoms with E-state index in [1.54, 1.807) is 0 Å². The molecule has 404 valence electrons. The van der Waals surface area contributed by atoms with Crippen molar-refractivity contribution in [3.05, 3.63) is 36.5 Å². The Morgan fingerprint density at radius 3 is 0.812 bits per heavy atom. The van der Waals surface area contributed by atoms with Gasteiger partial charge in [0.2, 0.25) is 0 Å². The molecule has 0 saturated carbocycles. The maximum atomic E-state index is 12.9. The summed E-state index contributed by atoms with van der Waals surface area (Å²) in [5.74, 6) is -0.862. The van der Waals surface area contributed by atoms with Crippen LogP contribution in [-0.4, -0.2) is 37.2 Å². The van der Waals surface area contributed by atoms with Gasteiger partial charge in [-0.15, -0.1) is 0 Å². The summed E-state index contributed by atoms with van der Waals surface area (Å²) < 4.78 is 16.9. The largest absolute Gasteiger partial charge is 0.462 e. The van der Waals surface area contributed by atoms with Crippen LogP contribution in [0.2, 0.25) is 0 Å². The smallest absolute Gasteiger partial charge is 0.306 e. The van der Waals surface area contributed by atoms with Crippen molar-refractivity contribution in [2.75, 3.05) is 13.2 Å². The van der Waals surface area contributed by atoms with Gasteiger partial charge >= 0.3 is 17.9 Å². The second-order valence-electron chi connectivity index (χ2n) is 20.6. The van der Waals surface area contributed by atoms with Crippen LogP contribution < -0.4 is 0 Å². The highest BCUT2D eigenvalue weighted by molar-refractivity contribution is 5.71. The second kappa shape index (κ2) is 58.2. The molecule has 0 aromatic rings. The van der Waals surface area contributed by atoms with E-state index >= 15 is 0 Å². The molecule has 0 radical (unpaired) electrons. The quantitative estimate of drug-likeness (QED) is 0.0261. The zero-order valence-corrected chi connectivity index (χ0v) is 46.3. The van der Waals surface area contributed by atoms with Gasteiger partial charge in [0, 0.05) is 19.3 Å². The predicted octanol–water partition coefficient (Wildman–Crippen LogP) is 20.4. The van der Waals surface area contributed by atoms with Gasteiger partial charge in [0.15, 0.2) is 6.10 Å². The van der Waals surface area contributed by atoms with Crippen LogP contribution in [0, 0.1) is 0 Å². The van der Waals surface area contributed by atoms with E-state index in [0.717, 1.165) is 77.0 Å². The molecule has 0 rings (SSSR count). The standard InChI is InChI=1S/C63H116O6/c1-4-7-10-13-16-19-22-25-28-30-31-32-33-34-36-38-41-44-47-50-53-56-62(65)68-59-60(58-67-61(64)55-52-49-46-43-40-37-27-24-21-18-15-12-9-6-3)69-63(66)57-54-51-48-45-42-39-35-29-26-23-20-17-14-11-8-5-2/h22,25,30-31,33-34,60H,4-21,23-24,26-29,32,35-59H2,1-3H3/b25-22-,31-30-,34-33-. The molecular weight excluding hydrogens is 853 g/mol. The Hall–Kier alpha value is -2.37. The molecule has 0 aromatic carbocycles. The minimum absolute atomic E-state index is 0.0712. The Morgan fingerprint density at radius 1 is 0.290 bits per heavy atom. The number of unbranched alkanes of at least 4 members (excludes halogenated alkanes) is 39. The molecule has 6 nitrogen and oxygen atoms in total. The van der Waals surface area contributed by atoms with Crippen LogP contribution in [0.4, 0.5) is 0 Å². The van der Waals surface area contributed by atoms with Crippen LogP contribution in [0.3, 0.4) is 0 Å². The first-order valence-electron chi connectivity index (χ1n) is 30.5. The molecule has 0 aliphatic heterocycles. The molecule has 0 aliphatic rings. The van der Waals surface area contributed by atoms with Gasteiger partial charge < -0.3 is 14.2 Å². The van der Waals surface area contributed by atoms with Gasteiger partial charge in [0.05, 0.1) is 0 Å². The van der Waals surface area contributed by atoms with Crippen molar-refractivity contribution in [3.63, 3.8) is 0 Å². The lowest BCUT2D eigenvalue weighted by molar-refractivity contribution is -0.167. The maximum absolute atomic E-state index is 12.9. The number of rotatable bonds is 56. The summed E-state index contributed by atoms with van der Waals surface area (Å²) in [6.07, 6.45) is 69.9. The van der Waals surface area contributed by atoms with E-state index in [1.807, 2.05) is 0 Å². The summed E-state index contributed by atoms with van der Waals surface area (Å²) in [6, 6.07) is 0.